The number of nitrogens with zero attached hydrogens (tertiary/aromatic N) is 1. The van der Waals surface area contributed by atoms with Crippen LogP contribution in [-0.4, -0.2) is 16.6 Å². The monoisotopic (exact) mass is 259 g/mol. The van der Waals surface area contributed by atoms with Crippen LogP contribution in [0.4, 0.5) is 0 Å². The highest BCUT2D eigenvalue weighted by molar-refractivity contribution is 9.10. The smallest absolute Gasteiger partial charge is 0.142 e. The van der Waals surface area contributed by atoms with E-state index in [0.29, 0.717) is 5.69 Å². The Labute approximate surface area is 89.8 Å². The molecule has 1 aromatic heterocycles. The Hall–Kier alpha value is -0.550. The van der Waals surface area contributed by atoms with E-state index in [1.54, 1.807) is 18.0 Å². The highest BCUT2D eigenvalue weighted by atomic mass is 79.9. The van der Waals surface area contributed by atoms with Crippen molar-refractivity contribution in [3.63, 3.8) is 0 Å². The molecule has 1 rings (SSSR count). The Morgan fingerprint density at radius 2 is 2.46 bits per heavy atom. The maximum Gasteiger partial charge on any atom is 0.142 e. The van der Waals surface area contributed by atoms with E-state index < -0.39 is 0 Å². The minimum absolute atomic E-state index is 0.0171. The van der Waals surface area contributed by atoms with Gasteiger partial charge < -0.3 is 5.73 Å². The Morgan fingerprint density at radius 3 is 3.00 bits per heavy atom. The first-order valence-corrected chi connectivity index (χ1v) is 5.55. The van der Waals surface area contributed by atoms with Crippen LogP contribution >= 0.6 is 27.7 Å². The van der Waals surface area contributed by atoms with E-state index in [2.05, 4.69) is 27.8 Å². The predicted molar refractivity (Wildman–Crippen MR) is 59.4 cm³/mol. The average molecular weight is 260 g/mol. The molecule has 0 aliphatic rings. The summed E-state index contributed by atoms with van der Waals surface area (Å²) >= 11 is 4.96. The summed E-state index contributed by atoms with van der Waals surface area (Å²) in [7, 11) is 0. The first kappa shape index (κ1) is 10.5. The molecule has 0 aliphatic heterocycles. The van der Waals surface area contributed by atoms with Crippen molar-refractivity contribution < 1.29 is 0 Å². The number of nitrogen functional groups attached to an aromatic ring is 1. The van der Waals surface area contributed by atoms with Crippen molar-refractivity contribution in [3.8, 4) is 0 Å². The first-order chi connectivity index (χ1) is 6.15. The van der Waals surface area contributed by atoms with Crippen molar-refractivity contribution in [2.24, 2.45) is 5.73 Å². The SMILES string of the molecule is CCSc1cc(Br)cnc1C(=N)N. The number of thioether (sulfide) groups is 1. The van der Waals surface area contributed by atoms with Crippen molar-refractivity contribution in [1.29, 1.82) is 5.41 Å². The molecule has 13 heavy (non-hydrogen) atoms. The zero-order valence-electron chi connectivity index (χ0n) is 7.17. The fraction of sp³-hybridized carbons (Fsp3) is 0.250. The molecule has 0 spiro atoms. The summed E-state index contributed by atoms with van der Waals surface area (Å²) < 4.78 is 0.911. The zero-order valence-corrected chi connectivity index (χ0v) is 9.58. The number of aromatic nitrogens is 1. The molecule has 0 amide bonds. The van der Waals surface area contributed by atoms with Gasteiger partial charge in [-0.3, -0.25) is 10.4 Å². The lowest BCUT2D eigenvalue weighted by Crippen LogP contribution is -2.14. The second-order valence-electron chi connectivity index (χ2n) is 2.35. The summed E-state index contributed by atoms with van der Waals surface area (Å²) in [5, 5.41) is 7.31. The van der Waals surface area contributed by atoms with Gasteiger partial charge in [0.2, 0.25) is 0 Å². The molecule has 0 unspecified atom stereocenters. The summed E-state index contributed by atoms with van der Waals surface area (Å²) in [5.41, 5.74) is 5.95. The van der Waals surface area contributed by atoms with Crippen LogP contribution in [0.25, 0.3) is 0 Å². The van der Waals surface area contributed by atoms with E-state index in [0.717, 1.165) is 15.1 Å². The third-order valence-corrected chi connectivity index (χ3v) is 2.72. The molecule has 0 saturated heterocycles. The molecule has 5 heteroatoms. The fourth-order valence-electron chi connectivity index (χ4n) is 0.888. The molecule has 1 aromatic rings. The van der Waals surface area contributed by atoms with Crippen LogP contribution in [0.15, 0.2) is 21.6 Å². The number of rotatable bonds is 3. The molecule has 0 saturated carbocycles. The molecule has 0 bridgehead atoms. The number of hydrogen-bond donors (Lipinski definition) is 2. The number of hydrogen-bond acceptors (Lipinski definition) is 3. The molecule has 1 heterocycles. The third kappa shape index (κ3) is 2.70. The van der Waals surface area contributed by atoms with Gasteiger partial charge in [-0.05, 0) is 27.7 Å². The number of amidine groups is 1. The molecule has 0 fully saturated rings. The van der Waals surface area contributed by atoms with Crippen LogP contribution in [0.5, 0.6) is 0 Å². The molecule has 3 nitrogen and oxygen atoms in total. The molecule has 70 valence electrons. The van der Waals surface area contributed by atoms with Crippen LogP contribution in [0.3, 0.4) is 0 Å². The Morgan fingerprint density at radius 1 is 1.77 bits per heavy atom. The molecule has 0 radical (unpaired) electrons. The summed E-state index contributed by atoms with van der Waals surface area (Å²) in [4.78, 5) is 5.03. The number of nitrogens with two attached hydrogens (primary N) is 1. The Kier molecular flexibility index (Phi) is 3.74. The first-order valence-electron chi connectivity index (χ1n) is 3.78. The largest absolute Gasteiger partial charge is 0.382 e. The van der Waals surface area contributed by atoms with Crippen molar-refractivity contribution in [2.45, 2.75) is 11.8 Å². The number of halogens is 1. The minimum atomic E-state index is 0.0171. The lowest BCUT2D eigenvalue weighted by molar-refractivity contribution is 1.16. The quantitative estimate of drug-likeness (QED) is 0.497. The third-order valence-electron chi connectivity index (χ3n) is 1.37. The van der Waals surface area contributed by atoms with Crippen LogP contribution < -0.4 is 5.73 Å². The van der Waals surface area contributed by atoms with E-state index in [4.69, 9.17) is 11.1 Å². The number of pyridine rings is 1. The van der Waals surface area contributed by atoms with Crippen molar-refractivity contribution in [2.75, 3.05) is 5.75 Å². The van der Waals surface area contributed by atoms with Gasteiger partial charge >= 0.3 is 0 Å². The molecule has 3 N–H and O–H groups in total. The maximum atomic E-state index is 7.31. The maximum absolute atomic E-state index is 7.31. The van der Waals surface area contributed by atoms with Crippen LogP contribution in [0.2, 0.25) is 0 Å². The van der Waals surface area contributed by atoms with Crippen molar-refractivity contribution >= 4 is 33.5 Å². The predicted octanol–water partition coefficient (Wildman–Crippen LogP) is 2.24. The zero-order chi connectivity index (χ0) is 9.84. The lowest BCUT2D eigenvalue weighted by atomic mass is 10.3. The van der Waals surface area contributed by atoms with Gasteiger partial charge in [-0.25, -0.2) is 0 Å². The van der Waals surface area contributed by atoms with Crippen LogP contribution in [-0.2, 0) is 0 Å². The minimum Gasteiger partial charge on any atom is -0.382 e. The second kappa shape index (κ2) is 4.62. The van der Waals surface area contributed by atoms with Crippen molar-refractivity contribution in [1.82, 2.24) is 4.98 Å². The van der Waals surface area contributed by atoms with E-state index in [1.165, 1.54) is 0 Å². The molecule has 0 atom stereocenters. The van der Waals surface area contributed by atoms with E-state index in [-0.39, 0.29) is 5.84 Å². The Bertz CT molecular complexity index is 327. The number of nitrogens with one attached hydrogen (secondary N) is 1. The van der Waals surface area contributed by atoms with Crippen molar-refractivity contribution in [3.05, 3.63) is 22.4 Å². The van der Waals surface area contributed by atoms with Gasteiger partial charge in [0.05, 0.1) is 0 Å². The van der Waals surface area contributed by atoms with Gasteiger partial charge in [0.25, 0.3) is 0 Å². The van der Waals surface area contributed by atoms with Gasteiger partial charge in [-0.1, -0.05) is 6.92 Å². The topological polar surface area (TPSA) is 62.8 Å². The summed E-state index contributed by atoms with van der Waals surface area (Å²) in [5.74, 6) is 0.960. The summed E-state index contributed by atoms with van der Waals surface area (Å²) in [6, 6.07) is 1.93. The van der Waals surface area contributed by atoms with Gasteiger partial charge in [-0.15, -0.1) is 11.8 Å². The molecule has 0 aromatic carbocycles. The summed E-state index contributed by atoms with van der Waals surface area (Å²) in [6.45, 7) is 2.05. The molecule has 0 aliphatic carbocycles. The van der Waals surface area contributed by atoms with Crippen LogP contribution in [0.1, 0.15) is 12.6 Å². The van der Waals surface area contributed by atoms with E-state index >= 15 is 0 Å². The highest BCUT2D eigenvalue weighted by Crippen LogP contribution is 2.23. The van der Waals surface area contributed by atoms with E-state index in [1.807, 2.05) is 6.07 Å². The highest BCUT2D eigenvalue weighted by Gasteiger charge is 2.06. The lowest BCUT2D eigenvalue weighted by Gasteiger charge is -2.05. The fourth-order valence-corrected chi connectivity index (χ4v) is 2.19. The van der Waals surface area contributed by atoms with Gasteiger partial charge in [0.1, 0.15) is 11.5 Å². The summed E-state index contributed by atoms with van der Waals surface area (Å²) in [6.07, 6.45) is 1.65. The van der Waals surface area contributed by atoms with E-state index in [9.17, 15) is 0 Å². The van der Waals surface area contributed by atoms with Crippen LogP contribution in [0, 0.1) is 5.41 Å². The van der Waals surface area contributed by atoms with Gasteiger partial charge in [-0.2, -0.15) is 0 Å². The standard InChI is InChI=1S/C8H10BrN3S/c1-2-13-6-3-5(9)4-12-7(6)8(10)11/h3-4H,2H2,1H3,(H3,10,11). The van der Waals surface area contributed by atoms with Gasteiger partial charge in [0, 0.05) is 15.6 Å². The van der Waals surface area contributed by atoms with Gasteiger partial charge in [0.15, 0.2) is 0 Å². The molecular formula is C8H10BrN3S. The second-order valence-corrected chi connectivity index (χ2v) is 4.57. The average Bonchev–Trinajstić information content (AvgIpc) is 2.04. The molecular weight excluding hydrogens is 250 g/mol. The Balaban J connectivity index is 3.10. The normalized spacial score (nSPS) is 10.0.